The quantitative estimate of drug-likeness (QED) is 0.436. The van der Waals surface area contributed by atoms with E-state index in [4.69, 9.17) is 4.74 Å². The van der Waals surface area contributed by atoms with Crippen molar-refractivity contribution in [3.8, 4) is 0 Å². The van der Waals surface area contributed by atoms with E-state index in [0.717, 1.165) is 23.7 Å². The van der Waals surface area contributed by atoms with Crippen LogP contribution in [0.15, 0.2) is 11.6 Å². The molecule has 1 heteroatoms. The molecule has 1 spiro atoms. The molecule has 1 nitrogen and oxygen atoms in total. The highest BCUT2D eigenvalue weighted by atomic mass is 16.6. The van der Waals surface area contributed by atoms with E-state index in [-0.39, 0.29) is 0 Å². The summed E-state index contributed by atoms with van der Waals surface area (Å²) in [6, 6.07) is 0. The molecular formula is C14H20O. The minimum atomic E-state index is 0.365. The number of ether oxygens (including phenoxy) is 1. The minimum absolute atomic E-state index is 0.365. The van der Waals surface area contributed by atoms with Gasteiger partial charge in [-0.1, -0.05) is 11.6 Å². The van der Waals surface area contributed by atoms with Crippen molar-refractivity contribution in [2.75, 3.05) is 0 Å². The van der Waals surface area contributed by atoms with E-state index in [2.05, 4.69) is 19.9 Å². The Morgan fingerprint density at radius 2 is 2.20 bits per heavy atom. The van der Waals surface area contributed by atoms with Gasteiger partial charge in [-0.3, -0.25) is 0 Å². The van der Waals surface area contributed by atoms with E-state index in [9.17, 15) is 0 Å². The summed E-state index contributed by atoms with van der Waals surface area (Å²) in [6.07, 6.45) is 8.64. The van der Waals surface area contributed by atoms with Crippen LogP contribution < -0.4 is 0 Å². The summed E-state index contributed by atoms with van der Waals surface area (Å²) < 4.78 is 5.96. The lowest BCUT2D eigenvalue weighted by molar-refractivity contribution is 0.114. The molecule has 0 aromatic heterocycles. The number of hydrogen-bond donors (Lipinski definition) is 0. The second-order valence-corrected chi connectivity index (χ2v) is 6.34. The van der Waals surface area contributed by atoms with Gasteiger partial charge >= 0.3 is 0 Å². The molecule has 0 aromatic carbocycles. The second-order valence-electron chi connectivity index (χ2n) is 6.34. The summed E-state index contributed by atoms with van der Waals surface area (Å²) in [5, 5.41) is 0. The van der Waals surface area contributed by atoms with Gasteiger partial charge in [0.1, 0.15) is 0 Å². The van der Waals surface area contributed by atoms with Crippen LogP contribution in [0, 0.1) is 23.7 Å². The van der Waals surface area contributed by atoms with Crippen molar-refractivity contribution in [3.05, 3.63) is 11.6 Å². The highest BCUT2D eigenvalue weighted by molar-refractivity contribution is 5.22. The molecule has 0 N–H and O–H groups in total. The molecule has 0 aromatic rings. The molecule has 3 aliphatic carbocycles. The molecule has 4 rings (SSSR count). The Morgan fingerprint density at radius 1 is 1.40 bits per heavy atom. The van der Waals surface area contributed by atoms with Gasteiger partial charge in [0.15, 0.2) is 0 Å². The lowest BCUT2D eigenvalue weighted by atomic mass is 9.67. The Balaban J connectivity index is 1.68. The first-order valence-corrected chi connectivity index (χ1v) is 6.54. The van der Waals surface area contributed by atoms with Gasteiger partial charge in [-0.05, 0) is 63.2 Å². The first-order valence-electron chi connectivity index (χ1n) is 6.54. The number of hydrogen-bond acceptors (Lipinski definition) is 1. The van der Waals surface area contributed by atoms with E-state index >= 15 is 0 Å². The van der Waals surface area contributed by atoms with Gasteiger partial charge in [-0.15, -0.1) is 0 Å². The topological polar surface area (TPSA) is 12.5 Å². The maximum Gasteiger partial charge on any atom is 0.0979 e. The smallest absolute Gasteiger partial charge is 0.0979 e. The monoisotopic (exact) mass is 204 g/mol. The van der Waals surface area contributed by atoms with Gasteiger partial charge in [0.25, 0.3) is 0 Å². The Labute approximate surface area is 91.9 Å². The normalized spacial score (nSPS) is 60.7. The average molecular weight is 204 g/mol. The van der Waals surface area contributed by atoms with Crippen LogP contribution in [0.4, 0.5) is 0 Å². The third-order valence-corrected chi connectivity index (χ3v) is 5.76. The number of fused-ring (bicyclic) bond motifs is 6. The first kappa shape index (κ1) is 8.81. The van der Waals surface area contributed by atoms with E-state index < -0.39 is 0 Å². The maximum atomic E-state index is 5.96. The van der Waals surface area contributed by atoms with E-state index in [0.29, 0.717) is 11.7 Å². The third-order valence-electron chi connectivity index (χ3n) is 5.76. The molecule has 4 aliphatic rings. The predicted molar refractivity (Wildman–Crippen MR) is 59.5 cm³/mol. The van der Waals surface area contributed by atoms with Crippen molar-refractivity contribution < 1.29 is 4.74 Å². The number of epoxide rings is 1. The molecule has 15 heavy (non-hydrogen) atoms. The largest absolute Gasteiger partial charge is 0.366 e. The summed E-state index contributed by atoms with van der Waals surface area (Å²) in [5.41, 5.74) is 2.00. The van der Waals surface area contributed by atoms with Gasteiger partial charge < -0.3 is 4.74 Å². The number of allylic oxidation sites excluding steroid dienone is 2. The summed E-state index contributed by atoms with van der Waals surface area (Å²) in [7, 11) is 0. The van der Waals surface area contributed by atoms with Crippen LogP contribution in [-0.2, 0) is 4.74 Å². The molecule has 1 saturated heterocycles. The SMILES string of the molecule is CC1=CC[C@@H]2[C@H]3C[C@H]([C@H]2C1)[C@@]1(C3)O[C@H]1C. The Hall–Kier alpha value is -0.300. The maximum absolute atomic E-state index is 5.96. The van der Waals surface area contributed by atoms with Crippen LogP contribution in [-0.4, -0.2) is 11.7 Å². The van der Waals surface area contributed by atoms with Crippen molar-refractivity contribution in [1.82, 2.24) is 0 Å². The van der Waals surface area contributed by atoms with Gasteiger partial charge in [0.2, 0.25) is 0 Å². The molecular weight excluding hydrogens is 184 g/mol. The lowest BCUT2D eigenvalue weighted by Gasteiger charge is -2.37. The van der Waals surface area contributed by atoms with Gasteiger partial charge in [-0.2, -0.15) is 0 Å². The molecule has 3 fully saturated rings. The van der Waals surface area contributed by atoms with Crippen molar-refractivity contribution >= 4 is 0 Å². The van der Waals surface area contributed by atoms with Crippen LogP contribution in [0.25, 0.3) is 0 Å². The van der Waals surface area contributed by atoms with Gasteiger partial charge in [0, 0.05) is 0 Å². The Kier molecular flexibility index (Phi) is 1.47. The van der Waals surface area contributed by atoms with E-state index in [1.807, 2.05) is 0 Å². The molecule has 82 valence electrons. The summed E-state index contributed by atoms with van der Waals surface area (Å²) in [4.78, 5) is 0. The van der Waals surface area contributed by atoms with Crippen LogP contribution in [0.2, 0.25) is 0 Å². The summed E-state index contributed by atoms with van der Waals surface area (Å²) >= 11 is 0. The molecule has 1 heterocycles. The predicted octanol–water partition coefficient (Wildman–Crippen LogP) is 3.16. The molecule has 0 amide bonds. The lowest BCUT2D eigenvalue weighted by Crippen LogP contribution is -2.36. The van der Waals surface area contributed by atoms with Crippen molar-refractivity contribution in [2.24, 2.45) is 23.7 Å². The highest BCUT2D eigenvalue weighted by Crippen LogP contribution is 2.68. The summed E-state index contributed by atoms with van der Waals surface area (Å²) in [6.45, 7) is 4.59. The Bertz CT molecular complexity index is 345. The zero-order valence-electron chi connectivity index (χ0n) is 9.70. The molecule has 6 atom stereocenters. The van der Waals surface area contributed by atoms with E-state index in [1.54, 1.807) is 5.57 Å². The fourth-order valence-corrected chi connectivity index (χ4v) is 5.03. The molecule has 0 radical (unpaired) electrons. The van der Waals surface area contributed by atoms with Crippen LogP contribution in [0.1, 0.15) is 39.5 Å². The minimum Gasteiger partial charge on any atom is -0.366 e. The summed E-state index contributed by atoms with van der Waals surface area (Å²) in [5.74, 6) is 3.89. The van der Waals surface area contributed by atoms with Crippen LogP contribution in [0.3, 0.4) is 0 Å². The highest BCUT2D eigenvalue weighted by Gasteiger charge is 2.70. The fourth-order valence-electron chi connectivity index (χ4n) is 5.03. The average Bonchev–Trinajstić information content (AvgIpc) is 2.61. The van der Waals surface area contributed by atoms with Crippen molar-refractivity contribution in [3.63, 3.8) is 0 Å². The number of rotatable bonds is 0. The first-order chi connectivity index (χ1) is 7.21. The molecule has 2 bridgehead atoms. The second kappa shape index (κ2) is 2.51. The van der Waals surface area contributed by atoms with Gasteiger partial charge in [-0.25, -0.2) is 0 Å². The molecule has 1 aliphatic heterocycles. The van der Waals surface area contributed by atoms with Crippen LogP contribution >= 0.6 is 0 Å². The third kappa shape index (κ3) is 0.939. The zero-order chi connectivity index (χ0) is 10.2. The standard InChI is InChI=1S/C14H20O/c1-8-3-4-11-10-6-13(12(11)5-8)14(7-10)9(2)15-14/h3,9-13H,4-7H2,1-2H3/t9-,10-,11+,12-,13+,14-/m0/s1. The van der Waals surface area contributed by atoms with Crippen molar-refractivity contribution in [2.45, 2.75) is 51.2 Å². The molecule has 0 unspecified atom stereocenters. The van der Waals surface area contributed by atoms with E-state index in [1.165, 1.54) is 25.7 Å². The van der Waals surface area contributed by atoms with Crippen LogP contribution in [0.5, 0.6) is 0 Å². The zero-order valence-corrected chi connectivity index (χ0v) is 9.70. The Morgan fingerprint density at radius 3 is 2.93 bits per heavy atom. The van der Waals surface area contributed by atoms with Gasteiger partial charge in [0.05, 0.1) is 11.7 Å². The fraction of sp³-hybridized carbons (Fsp3) is 0.857. The molecule has 2 saturated carbocycles. The van der Waals surface area contributed by atoms with Crippen molar-refractivity contribution in [1.29, 1.82) is 0 Å².